The van der Waals surface area contributed by atoms with Gasteiger partial charge in [-0.05, 0) is 44.1 Å². The summed E-state index contributed by atoms with van der Waals surface area (Å²) in [5, 5.41) is 7.17. The summed E-state index contributed by atoms with van der Waals surface area (Å²) in [5.74, 6) is -0.126. The van der Waals surface area contributed by atoms with E-state index in [1.54, 1.807) is 18.2 Å². The van der Waals surface area contributed by atoms with Gasteiger partial charge in [-0.2, -0.15) is 0 Å². The molecular formula is C12H15Cl3N2O. The molecule has 6 heteroatoms. The van der Waals surface area contributed by atoms with Gasteiger partial charge in [0.15, 0.2) is 0 Å². The summed E-state index contributed by atoms with van der Waals surface area (Å²) in [6.07, 6.45) is 1.91. The Labute approximate surface area is 123 Å². The molecule has 1 aliphatic heterocycles. The van der Waals surface area contributed by atoms with Crippen molar-refractivity contribution in [2.45, 2.75) is 18.9 Å². The molecule has 0 aliphatic carbocycles. The van der Waals surface area contributed by atoms with Crippen LogP contribution in [0.2, 0.25) is 10.0 Å². The van der Waals surface area contributed by atoms with Crippen LogP contribution >= 0.6 is 35.6 Å². The Kier molecular flexibility index (Phi) is 6.22. The Morgan fingerprint density at radius 2 is 1.94 bits per heavy atom. The van der Waals surface area contributed by atoms with Crippen LogP contribution in [0, 0.1) is 0 Å². The van der Waals surface area contributed by atoms with E-state index in [-0.39, 0.29) is 24.4 Å². The fraction of sp³-hybridized carbons (Fsp3) is 0.417. The zero-order chi connectivity index (χ0) is 12.3. The summed E-state index contributed by atoms with van der Waals surface area (Å²) in [5.41, 5.74) is 0.481. The highest BCUT2D eigenvalue weighted by molar-refractivity contribution is 6.36. The molecule has 2 N–H and O–H groups in total. The Morgan fingerprint density at radius 3 is 2.56 bits per heavy atom. The van der Waals surface area contributed by atoms with Crippen molar-refractivity contribution < 1.29 is 4.79 Å². The molecule has 1 aromatic rings. The Hall–Kier alpha value is -0.480. The lowest BCUT2D eigenvalue weighted by Crippen LogP contribution is -2.42. The van der Waals surface area contributed by atoms with Crippen LogP contribution < -0.4 is 10.6 Å². The predicted molar refractivity (Wildman–Crippen MR) is 77.1 cm³/mol. The van der Waals surface area contributed by atoms with Gasteiger partial charge in [-0.3, -0.25) is 4.79 Å². The first-order valence-corrected chi connectivity index (χ1v) is 6.39. The minimum absolute atomic E-state index is 0. The monoisotopic (exact) mass is 308 g/mol. The van der Waals surface area contributed by atoms with Crippen LogP contribution in [-0.2, 0) is 0 Å². The third-order valence-electron chi connectivity index (χ3n) is 2.85. The molecule has 100 valence electrons. The van der Waals surface area contributed by atoms with Crippen LogP contribution in [-0.4, -0.2) is 25.0 Å². The van der Waals surface area contributed by atoms with Gasteiger partial charge in [-0.1, -0.05) is 23.2 Å². The van der Waals surface area contributed by atoms with Gasteiger partial charge in [-0.15, -0.1) is 12.4 Å². The molecule has 1 heterocycles. The summed E-state index contributed by atoms with van der Waals surface area (Å²) < 4.78 is 0. The molecule has 0 unspecified atom stereocenters. The SMILES string of the molecule is Cl.O=C(NC1CCNCC1)c1ccc(Cl)cc1Cl. The minimum atomic E-state index is -0.126. The maximum atomic E-state index is 12.0. The van der Waals surface area contributed by atoms with Gasteiger partial charge >= 0.3 is 0 Å². The first-order valence-electron chi connectivity index (χ1n) is 5.63. The van der Waals surface area contributed by atoms with E-state index >= 15 is 0 Å². The van der Waals surface area contributed by atoms with Crippen molar-refractivity contribution in [1.29, 1.82) is 0 Å². The van der Waals surface area contributed by atoms with E-state index in [4.69, 9.17) is 23.2 Å². The highest BCUT2D eigenvalue weighted by Gasteiger charge is 2.17. The van der Waals surface area contributed by atoms with E-state index in [9.17, 15) is 4.79 Å². The van der Waals surface area contributed by atoms with Gasteiger partial charge in [0.1, 0.15) is 0 Å². The van der Waals surface area contributed by atoms with E-state index in [1.807, 2.05) is 0 Å². The second-order valence-electron chi connectivity index (χ2n) is 4.12. The van der Waals surface area contributed by atoms with E-state index in [0.29, 0.717) is 15.6 Å². The number of piperidine rings is 1. The average Bonchev–Trinajstić information content (AvgIpc) is 2.30. The van der Waals surface area contributed by atoms with Crippen LogP contribution in [0.1, 0.15) is 23.2 Å². The van der Waals surface area contributed by atoms with Crippen molar-refractivity contribution in [3.05, 3.63) is 33.8 Å². The molecule has 1 fully saturated rings. The van der Waals surface area contributed by atoms with Crippen LogP contribution in [0.25, 0.3) is 0 Å². The quantitative estimate of drug-likeness (QED) is 0.882. The molecule has 0 aromatic heterocycles. The molecule has 1 aliphatic rings. The fourth-order valence-electron chi connectivity index (χ4n) is 1.90. The number of rotatable bonds is 2. The van der Waals surface area contributed by atoms with Crippen molar-refractivity contribution in [3.8, 4) is 0 Å². The van der Waals surface area contributed by atoms with Crippen LogP contribution in [0.5, 0.6) is 0 Å². The lowest BCUT2D eigenvalue weighted by atomic mass is 10.1. The molecule has 1 amide bonds. The van der Waals surface area contributed by atoms with E-state index in [1.165, 1.54) is 0 Å². The topological polar surface area (TPSA) is 41.1 Å². The minimum Gasteiger partial charge on any atom is -0.349 e. The van der Waals surface area contributed by atoms with Gasteiger partial charge in [-0.25, -0.2) is 0 Å². The molecule has 0 saturated carbocycles. The number of hydrogen-bond acceptors (Lipinski definition) is 2. The lowest BCUT2D eigenvalue weighted by molar-refractivity contribution is 0.0930. The second-order valence-corrected chi connectivity index (χ2v) is 4.97. The smallest absolute Gasteiger partial charge is 0.253 e. The van der Waals surface area contributed by atoms with Gasteiger partial charge in [0.2, 0.25) is 0 Å². The van der Waals surface area contributed by atoms with Crippen molar-refractivity contribution in [3.63, 3.8) is 0 Å². The molecule has 3 nitrogen and oxygen atoms in total. The Morgan fingerprint density at radius 1 is 1.28 bits per heavy atom. The summed E-state index contributed by atoms with van der Waals surface area (Å²) in [7, 11) is 0. The van der Waals surface area contributed by atoms with Gasteiger partial charge in [0.05, 0.1) is 10.6 Å². The third-order valence-corrected chi connectivity index (χ3v) is 3.40. The van der Waals surface area contributed by atoms with Gasteiger partial charge in [0, 0.05) is 11.1 Å². The zero-order valence-electron chi connectivity index (χ0n) is 9.71. The zero-order valence-corrected chi connectivity index (χ0v) is 12.0. The molecule has 0 radical (unpaired) electrons. The molecular weight excluding hydrogens is 295 g/mol. The molecule has 0 bridgehead atoms. The second kappa shape index (κ2) is 7.19. The Bertz CT molecular complexity index is 420. The number of nitrogens with one attached hydrogen (secondary N) is 2. The maximum Gasteiger partial charge on any atom is 0.253 e. The van der Waals surface area contributed by atoms with Crippen molar-refractivity contribution >= 4 is 41.5 Å². The predicted octanol–water partition coefficient (Wildman–Crippen LogP) is 2.90. The first-order chi connectivity index (χ1) is 8.16. The van der Waals surface area contributed by atoms with Crippen molar-refractivity contribution in [1.82, 2.24) is 10.6 Å². The fourth-order valence-corrected chi connectivity index (χ4v) is 2.40. The summed E-state index contributed by atoms with van der Waals surface area (Å²) in [6, 6.07) is 5.14. The number of benzene rings is 1. The standard InChI is InChI=1S/C12H14Cl2N2O.ClH/c13-8-1-2-10(11(14)7-8)12(17)16-9-3-5-15-6-4-9;/h1-2,7,9,15H,3-6H2,(H,16,17);1H. The van der Waals surface area contributed by atoms with Gasteiger partial charge in [0.25, 0.3) is 5.91 Å². The van der Waals surface area contributed by atoms with Crippen molar-refractivity contribution in [2.75, 3.05) is 13.1 Å². The largest absolute Gasteiger partial charge is 0.349 e. The Balaban J connectivity index is 0.00000162. The lowest BCUT2D eigenvalue weighted by Gasteiger charge is -2.23. The average molecular weight is 310 g/mol. The highest BCUT2D eigenvalue weighted by atomic mass is 35.5. The molecule has 1 saturated heterocycles. The molecule has 18 heavy (non-hydrogen) atoms. The third kappa shape index (κ3) is 4.02. The number of hydrogen-bond donors (Lipinski definition) is 2. The van der Waals surface area contributed by atoms with E-state index < -0.39 is 0 Å². The van der Waals surface area contributed by atoms with Gasteiger partial charge < -0.3 is 10.6 Å². The summed E-state index contributed by atoms with van der Waals surface area (Å²) in [6.45, 7) is 1.89. The van der Waals surface area contributed by atoms with E-state index in [2.05, 4.69) is 10.6 Å². The number of halogens is 3. The normalized spacial score (nSPS) is 15.9. The molecule has 0 atom stereocenters. The number of carbonyl (C=O) groups excluding carboxylic acids is 1. The van der Waals surface area contributed by atoms with Crippen molar-refractivity contribution in [2.24, 2.45) is 0 Å². The summed E-state index contributed by atoms with van der Waals surface area (Å²) in [4.78, 5) is 12.0. The molecule has 1 aromatic carbocycles. The maximum absolute atomic E-state index is 12.0. The van der Waals surface area contributed by atoms with E-state index in [0.717, 1.165) is 25.9 Å². The summed E-state index contributed by atoms with van der Waals surface area (Å²) >= 11 is 11.8. The van der Waals surface area contributed by atoms with Crippen LogP contribution in [0.4, 0.5) is 0 Å². The molecule has 0 spiro atoms. The number of amides is 1. The highest BCUT2D eigenvalue weighted by Crippen LogP contribution is 2.21. The van der Waals surface area contributed by atoms with Crippen LogP contribution in [0.15, 0.2) is 18.2 Å². The first kappa shape index (κ1) is 15.6. The number of carbonyl (C=O) groups is 1. The molecule has 2 rings (SSSR count). The van der Waals surface area contributed by atoms with Crippen LogP contribution in [0.3, 0.4) is 0 Å².